The maximum absolute atomic E-state index is 6.50. The molecule has 2 aromatic rings. The first-order chi connectivity index (χ1) is 7.56. The molecule has 0 N–H and O–H groups in total. The fourth-order valence-electron chi connectivity index (χ4n) is 1.91. The molecule has 0 saturated heterocycles. The Bertz CT molecular complexity index is 479. The lowest BCUT2D eigenvalue weighted by Gasteiger charge is -2.10. The number of halogens is 1. The third kappa shape index (κ3) is 2.47. The van der Waals surface area contributed by atoms with Crippen molar-refractivity contribution in [1.29, 1.82) is 0 Å². The summed E-state index contributed by atoms with van der Waals surface area (Å²) in [4.78, 5) is 2.54. The molecule has 0 aliphatic heterocycles. The molecule has 84 valence electrons. The minimum atomic E-state index is -0.0164. The maximum atomic E-state index is 6.50. The highest BCUT2D eigenvalue weighted by Gasteiger charge is 2.13. The minimum absolute atomic E-state index is 0.0164. The van der Waals surface area contributed by atoms with Gasteiger partial charge in [-0.2, -0.15) is 0 Å². The van der Waals surface area contributed by atoms with Gasteiger partial charge in [-0.25, -0.2) is 0 Å². The third-order valence-corrected chi connectivity index (χ3v) is 4.23. The molecule has 1 heterocycles. The predicted molar refractivity (Wildman–Crippen MR) is 72.7 cm³/mol. The zero-order valence-electron chi connectivity index (χ0n) is 9.75. The van der Waals surface area contributed by atoms with Gasteiger partial charge in [-0.15, -0.1) is 22.9 Å². The van der Waals surface area contributed by atoms with Gasteiger partial charge in [-0.05, 0) is 38.5 Å². The maximum Gasteiger partial charge on any atom is 0.0928 e. The summed E-state index contributed by atoms with van der Waals surface area (Å²) in [6, 6.07) is 10.7. The largest absolute Gasteiger partial charge is 0.144 e. The van der Waals surface area contributed by atoms with Crippen molar-refractivity contribution in [2.45, 2.75) is 26.1 Å². The molecule has 1 atom stereocenters. The van der Waals surface area contributed by atoms with Crippen molar-refractivity contribution in [3.8, 4) is 0 Å². The summed E-state index contributed by atoms with van der Waals surface area (Å²) in [6.07, 6.45) is 0. The Balaban J connectivity index is 2.37. The molecule has 0 aliphatic carbocycles. The Morgan fingerprint density at radius 3 is 2.12 bits per heavy atom. The van der Waals surface area contributed by atoms with Gasteiger partial charge in [0.25, 0.3) is 0 Å². The van der Waals surface area contributed by atoms with E-state index in [0.29, 0.717) is 0 Å². The van der Waals surface area contributed by atoms with E-state index >= 15 is 0 Å². The van der Waals surface area contributed by atoms with E-state index in [0.717, 1.165) is 0 Å². The van der Waals surface area contributed by atoms with Crippen LogP contribution in [-0.4, -0.2) is 0 Å². The lowest BCUT2D eigenvalue weighted by atomic mass is 10.0. The van der Waals surface area contributed by atoms with Gasteiger partial charge < -0.3 is 0 Å². The summed E-state index contributed by atoms with van der Waals surface area (Å²) in [5.74, 6) is 0. The van der Waals surface area contributed by atoms with Crippen molar-refractivity contribution in [2.24, 2.45) is 0 Å². The first-order valence-corrected chi connectivity index (χ1v) is 6.60. The number of hydrogen-bond acceptors (Lipinski definition) is 1. The molecular weight excluding hydrogens is 236 g/mol. The molecule has 0 fully saturated rings. The van der Waals surface area contributed by atoms with Gasteiger partial charge in [0.1, 0.15) is 0 Å². The highest BCUT2D eigenvalue weighted by Crippen LogP contribution is 2.34. The van der Waals surface area contributed by atoms with Crippen LogP contribution in [0.25, 0.3) is 0 Å². The number of rotatable bonds is 2. The van der Waals surface area contributed by atoms with Gasteiger partial charge in [0, 0.05) is 9.75 Å². The zero-order chi connectivity index (χ0) is 11.7. The standard InChI is InChI=1S/C14H15ClS/c1-9-6-10(2)8-12(7-9)14(15)13-5-4-11(3)16-13/h4-8,14H,1-3H3. The average molecular weight is 251 g/mol. The van der Waals surface area contributed by atoms with Gasteiger partial charge in [0.15, 0.2) is 0 Å². The van der Waals surface area contributed by atoms with Crippen molar-refractivity contribution < 1.29 is 0 Å². The van der Waals surface area contributed by atoms with Crippen LogP contribution in [0.15, 0.2) is 30.3 Å². The molecule has 0 amide bonds. The lowest BCUT2D eigenvalue weighted by Crippen LogP contribution is -1.92. The molecule has 0 radical (unpaired) electrons. The zero-order valence-corrected chi connectivity index (χ0v) is 11.3. The molecule has 2 rings (SSSR count). The number of aryl methyl sites for hydroxylation is 3. The normalized spacial score (nSPS) is 12.8. The van der Waals surface area contributed by atoms with Crippen molar-refractivity contribution in [2.75, 3.05) is 0 Å². The molecule has 16 heavy (non-hydrogen) atoms. The average Bonchev–Trinajstić information content (AvgIpc) is 2.62. The molecule has 0 spiro atoms. The van der Waals surface area contributed by atoms with Crippen LogP contribution in [0.2, 0.25) is 0 Å². The highest BCUT2D eigenvalue weighted by atomic mass is 35.5. The Morgan fingerprint density at radius 2 is 1.62 bits per heavy atom. The Labute approximate surface area is 106 Å². The van der Waals surface area contributed by atoms with Crippen LogP contribution in [-0.2, 0) is 0 Å². The number of thiophene rings is 1. The number of benzene rings is 1. The molecule has 2 heteroatoms. The van der Waals surface area contributed by atoms with Crippen LogP contribution < -0.4 is 0 Å². The molecule has 1 unspecified atom stereocenters. The number of hydrogen-bond donors (Lipinski definition) is 0. The van der Waals surface area contributed by atoms with Gasteiger partial charge in [0.05, 0.1) is 5.38 Å². The van der Waals surface area contributed by atoms with Crippen LogP contribution >= 0.6 is 22.9 Å². The van der Waals surface area contributed by atoms with E-state index in [9.17, 15) is 0 Å². The molecule has 0 nitrogen and oxygen atoms in total. The summed E-state index contributed by atoms with van der Waals surface area (Å²) in [7, 11) is 0. The van der Waals surface area contributed by atoms with Crippen LogP contribution in [0.5, 0.6) is 0 Å². The van der Waals surface area contributed by atoms with E-state index in [1.54, 1.807) is 11.3 Å². The van der Waals surface area contributed by atoms with E-state index in [4.69, 9.17) is 11.6 Å². The van der Waals surface area contributed by atoms with Crippen LogP contribution in [0.1, 0.15) is 31.8 Å². The summed E-state index contributed by atoms with van der Waals surface area (Å²) in [5, 5.41) is -0.0164. The highest BCUT2D eigenvalue weighted by molar-refractivity contribution is 7.12. The fraction of sp³-hybridized carbons (Fsp3) is 0.286. The van der Waals surface area contributed by atoms with Crippen LogP contribution in [0.3, 0.4) is 0 Å². The van der Waals surface area contributed by atoms with E-state index in [-0.39, 0.29) is 5.38 Å². The molecule has 0 saturated carbocycles. The fourth-order valence-corrected chi connectivity index (χ4v) is 3.13. The number of alkyl halides is 1. The quantitative estimate of drug-likeness (QED) is 0.658. The monoisotopic (exact) mass is 250 g/mol. The summed E-state index contributed by atoms with van der Waals surface area (Å²) >= 11 is 8.27. The first-order valence-electron chi connectivity index (χ1n) is 5.35. The second-order valence-corrected chi connectivity index (χ2v) is 5.99. The van der Waals surface area contributed by atoms with Crippen LogP contribution in [0.4, 0.5) is 0 Å². The Morgan fingerprint density at radius 1 is 1.00 bits per heavy atom. The third-order valence-electron chi connectivity index (χ3n) is 2.55. The van der Waals surface area contributed by atoms with Gasteiger partial charge in [-0.3, -0.25) is 0 Å². The first kappa shape index (κ1) is 11.7. The summed E-state index contributed by atoms with van der Waals surface area (Å²) in [6.45, 7) is 6.33. The Kier molecular flexibility index (Phi) is 3.36. The lowest BCUT2D eigenvalue weighted by molar-refractivity contribution is 1.16. The summed E-state index contributed by atoms with van der Waals surface area (Å²) in [5.41, 5.74) is 3.74. The van der Waals surface area contributed by atoms with E-state index in [1.165, 1.54) is 26.4 Å². The second kappa shape index (κ2) is 4.60. The van der Waals surface area contributed by atoms with Gasteiger partial charge in [-0.1, -0.05) is 29.3 Å². The molecule has 0 aliphatic rings. The van der Waals surface area contributed by atoms with E-state index in [1.807, 2.05) is 0 Å². The minimum Gasteiger partial charge on any atom is -0.144 e. The van der Waals surface area contributed by atoms with Crippen molar-refractivity contribution in [3.63, 3.8) is 0 Å². The van der Waals surface area contributed by atoms with Crippen molar-refractivity contribution in [1.82, 2.24) is 0 Å². The predicted octanol–water partition coefficient (Wildman–Crippen LogP) is 5.00. The Hall–Kier alpha value is -0.790. The van der Waals surface area contributed by atoms with E-state index in [2.05, 4.69) is 51.1 Å². The molecule has 1 aromatic heterocycles. The molecular formula is C14H15ClS. The van der Waals surface area contributed by atoms with Gasteiger partial charge >= 0.3 is 0 Å². The van der Waals surface area contributed by atoms with Gasteiger partial charge in [0.2, 0.25) is 0 Å². The SMILES string of the molecule is Cc1cc(C)cc(C(Cl)c2ccc(C)s2)c1. The molecule has 1 aromatic carbocycles. The smallest absolute Gasteiger partial charge is 0.0928 e. The molecule has 0 bridgehead atoms. The van der Waals surface area contributed by atoms with Crippen molar-refractivity contribution in [3.05, 3.63) is 56.8 Å². The second-order valence-electron chi connectivity index (χ2n) is 4.23. The topological polar surface area (TPSA) is 0 Å². The van der Waals surface area contributed by atoms with E-state index < -0.39 is 0 Å². The van der Waals surface area contributed by atoms with Crippen LogP contribution in [0, 0.1) is 20.8 Å². The summed E-state index contributed by atoms with van der Waals surface area (Å²) < 4.78 is 0. The van der Waals surface area contributed by atoms with Crippen molar-refractivity contribution >= 4 is 22.9 Å².